The van der Waals surface area contributed by atoms with Crippen LogP contribution in [0.2, 0.25) is 0 Å². The van der Waals surface area contributed by atoms with E-state index >= 15 is 0 Å². The Morgan fingerprint density at radius 1 is 1.88 bits per heavy atom. The van der Waals surface area contributed by atoms with Crippen molar-refractivity contribution in [3.8, 4) is 6.19 Å². The lowest BCUT2D eigenvalue weighted by Gasteiger charge is -1.89. The van der Waals surface area contributed by atoms with Gasteiger partial charge in [-0.05, 0) is 18.3 Å². The van der Waals surface area contributed by atoms with Gasteiger partial charge in [-0.15, -0.1) is 0 Å². The third-order valence-corrected chi connectivity index (χ3v) is 1.72. The molecule has 1 rings (SSSR count). The SMILES string of the molecule is CC1CC1CNC#N. The molecular formula is C6H10N2. The number of rotatable bonds is 2. The highest BCUT2D eigenvalue weighted by Crippen LogP contribution is 2.36. The molecule has 0 spiro atoms. The van der Waals surface area contributed by atoms with Gasteiger partial charge in [-0.25, -0.2) is 0 Å². The highest BCUT2D eigenvalue weighted by atomic mass is 14.9. The quantitative estimate of drug-likeness (QED) is 0.420. The molecule has 1 saturated carbocycles. The first kappa shape index (κ1) is 5.43. The van der Waals surface area contributed by atoms with Crippen LogP contribution in [0.1, 0.15) is 13.3 Å². The van der Waals surface area contributed by atoms with Gasteiger partial charge in [-0.2, -0.15) is 5.26 Å². The van der Waals surface area contributed by atoms with E-state index in [1.54, 1.807) is 0 Å². The van der Waals surface area contributed by atoms with Crippen molar-refractivity contribution < 1.29 is 0 Å². The van der Waals surface area contributed by atoms with Crippen molar-refractivity contribution >= 4 is 0 Å². The minimum Gasteiger partial charge on any atom is -0.324 e. The van der Waals surface area contributed by atoms with E-state index in [2.05, 4.69) is 12.2 Å². The van der Waals surface area contributed by atoms with Gasteiger partial charge >= 0.3 is 0 Å². The molecule has 0 aromatic rings. The van der Waals surface area contributed by atoms with E-state index in [1.165, 1.54) is 6.42 Å². The smallest absolute Gasteiger partial charge is 0.176 e. The lowest BCUT2D eigenvalue weighted by Crippen LogP contribution is -2.09. The zero-order valence-corrected chi connectivity index (χ0v) is 5.02. The Labute approximate surface area is 49.5 Å². The molecule has 0 aromatic carbocycles. The molecule has 0 heterocycles. The molecule has 0 saturated heterocycles. The van der Waals surface area contributed by atoms with Gasteiger partial charge in [-0.1, -0.05) is 6.92 Å². The summed E-state index contributed by atoms with van der Waals surface area (Å²) in [6, 6.07) is 0. The molecule has 1 aliphatic rings. The van der Waals surface area contributed by atoms with E-state index in [4.69, 9.17) is 5.26 Å². The topological polar surface area (TPSA) is 35.8 Å². The van der Waals surface area contributed by atoms with Crippen LogP contribution in [0.15, 0.2) is 0 Å². The third kappa shape index (κ3) is 1.13. The molecule has 2 atom stereocenters. The van der Waals surface area contributed by atoms with Crippen LogP contribution in [-0.2, 0) is 0 Å². The molecule has 2 nitrogen and oxygen atoms in total. The fourth-order valence-corrected chi connectivity index (χ4v) is 0.860. The standard InChI is InChI=1S/C6H10N2/c1-5-2-6(5)3-8-4-7/h5-6,8H,2-3H2,1H3. The number of hydrogen-bond donors (Lipinski definition) is 1. The summed E-state index contributed by atoms with van der Waals surface area (Å²) in [6.45, 7) is 3.10. The fraction of sp³-hybridized carbons (Fsp3) is 0.833. The Balaban J connectivity index is 1.99. The van der Waals surface area contributed by atoms with Gasteiger partial charge in [0.25, 0.3) is 0 Å². The monoisotopic (exact) mass is 110 g/mol. The van der Waals surface area contributed by atoms with E-state index in [0.29, 0.717) is 0 Å². The van der Waals surface area contributed by atoms with Gasteiger partial charge in [-0.3, -0.25) is 0 Å². The van der Waals surface area contributed by atoms with Gasteiger partial charge in [0.15, 0.2) is 6.19 Å². The van der Waals surface area contributed by atoms with Crippen LogP contribution in [0, 0.1) is 23.3 Å². The Morgan fingerprint density at radius 2 is 2.50 bits per heavy atom. The van der Waals surface area contributed by atoms with E-state index in [9.17, 15) is 0 Å². The second-order valence-corrected chi connectivity index (χ2v) is 2.47. The zero-order chi connectivity index (χ0) is 5.98. The number of hydrogen-bond acceptors (Lipinski definition) is 2. The summed E-state index contributed by atoms with van der Waals surface area (Å²) in [5, 5.41) is 10.7. The molecule has 44 valence electrons. The average molecular weight is 110 g/mol. The Morgan fingerprint density at radius 3 is 2.88 bits per heavy atom. The van der Waals surface area contributed by atoms with Crippen molar-refractivity contribution in [2.45, 2.75) is 13.3 Å². The lowest BCUT2D eigenvalue weighted by atomic mass is 10.3. The largest absolute Gasteiger partial charge is 0.324 e. The molecule has 1 fully saturated rings. The third-order valence-electron chi connectivity index (χ3n) is 1.72. The van der Waals surface area contributed by atoms with E-state index < -0.39 is 0 Å². The van der Waals surface area contributed by atoms with Crippen LogP contribution in [0.5, 0.6) is 0 Å². The zero-order valence-electron chi connectivity index (χ0n) is 5.02. The predicted octanol–water partition coefficient (Wildman–Crippen LogP) is 0.713. The van der Waals surface area contributed by atoms with Gasteiger partial charge in [0.05, 0.1) is 0 Å². The van der Waals surface area contributed by atoms with Crippen molar-refractivity contribution in [1.82, 2.24) is 5.32 Å². The van der Waals surface area contributed by atoms with Crippen molar-refractivity contribution in [2.24, 2.45) is 11.8 Å². The van der Waals surface area contributed by atoms with E-state index in [1.807, 2.05) is 6.19 Å². The van der Waals surface area contributed by atoms with Crippen molar-refractivity contribution in [2.75, 3.05) is 6.54 Å². The average Bonchev–Trinajstić information content (AvgIpc) is 2.42. The second-order valence-electron chi connectivity index (χ2n) is 2.47. The molecule has 0 bridgehead atoms. The molecule has 1 N–H and O–H groups in total. The highest BCUT2D eigenvalue weighted by Gasteiger charge is 2.31. The minimum absolute atomic E-state index is 0.787. The van der Waals surface area contributed by atoms with Crippen molar-refractivity contribution in [1.29, 1.82) is 5.26 Å². The first-order valence-electron chi connectivity index (χ1n) is 2.96. The molecular weight excluding hydrogens is 100 g/mol. The van der Waals surface area contributed by atoms with Crippen molar-refractivity contribution in [3.05, 3.63) is 0 Å². The second kappa shape index (κ2) is 2.04. The van der Waals surface area contributed by atoms with Crippen LogP contribution >= 0.6 is 0 Å². The highest BCUT2D eigenvalue weighted by molar-refractivity contribution is 4.86. The molecule has 2 heteroatoms. The van der Waals surface area contributed by atoms with Gasteiger partial charge < -0.3 is 5.32 Å². The summed E-state index contributed by atoms with van der Waals surface area (Å²) in [4.78, 5) is 0. The first-order valence-corrected chi connectivity index (χ1v) is 2.96. The van der Waals surface area contributed by atoms with Gasteiger partial charge in [0, 0.05) is 6.54 Å². The van der Waals surface area contributed by atoms with E-state index in [-0.39, 0.29) is 0 Å². The molecule has 0 aromatic heterocycles. The maximum absolute atomic E-state index is 8.07. The minimum atomic E-state index is 0.787. The maximum atomic E-state index is 8.07. The summed E-state index contributed by atoms with van der Waals surface area (Å²) >= 11 is 0. The summed E-state index contributed by atoms with van der Waals surface area (Å²) in [6.07, 6.45) is 3.21. The molecule has 1 aliphatic carbocycles. The Hall–Kier alpha value is -0.710. The predicted molar refractivity (Wildman–Crippen MR) is 30.9 cm³/mol. The summed E-state index contributed by atoms with van der Waals surface area (Å²) in [5.41, 5.74) is 0. The van der Waals surface area contributed by atoms with Crippen molar-refractivity contribution in [3.63, 3.8) is 0 Å². The lowest BCUT2D eigenvalue weighted by molar-refractivity contribution is 0.701. The Kier molecular flexibility index (Phi) is 1.38. The number of nitrogens with zero attached hydrogens (tertiary/aromatic N) is 1. The molecule has 8 heavy (non-hydrogen) atoms. The molecule has 0 radical (unpaired) electrons. The number of nitrogens with one attached hydrogen (secondary N) is 1. The van der Waals surface area contributed by atoms with Gasteiger partial charge in [0.1, 0.15) is 0 Å². The van der Waals surface area contributed by atoms with Crippen LogP contribution in [0.25, 0.3) is 0 Å². The number of nitriles is 1. The van der Waals surface area contributed by atoms with Crippen LogP contribution in [-0.4, -0.2) is 6.54 Å². The molecule has 2 unspecified atom stereocenters. The van der Waals surface area contributed by atoms with Crippen LogP contribution < -0.4 is 5.32 Å². The molecule has 0 aliphatic heterocycles. The normalized spacial score (nSPS) is 33.5. The van der Waals surface area contributed by atoms with Crippen LogP contribution in [0.4, 0.5) is 0 Å². The Bertz CT molecular complexity index is 114. The summed E-state index contributed by atoms with van der Waals surface area (Å²) in [7, 11) is 0. The maximum Gasteiger partial charge on any atom is 0.176 e. The summed E-state index contributed by atoms with van der Waals surface area (Å²) in [5.74, 6) is 1.64. The van der Waals surface area contributed by atoms with Gasteiger partial charge in [0.2, 0.25) is 0 Å². The fourth-order valence-electron chi connectivity index (χ4n) is 0.860. The molecule has 0 amide bonds. The van der Waals surface area contributed by atoms with Crippen LogP contribution in [0.3, 0.4) is 0 Å². The summed E-state index contributed by atoms with van der Waals surface area (Å²) < 4.78 is 0. The first-order chi connectivity index (χ1) is 3.84. The van der Waals surface area contributed by atoms with E-state index in [0.717, 1.165) is 18.4 Å².